The van der Waals surface area contributed by atoms with Gasteiger partial charge in [-0.3, -0.25) is 9.59 Å². The molecule has 0 spiro atoms. The summed E-state index contributed by atoms with van der Waals surface area (Å²) >= 11 is 0. The molecule has 0 N–H and O–H groups in total. The second-order valence-corrected chi connectivity index (χ2v) is 4.91. The van der Waals surface area contributed by atoms with Crippen LogP contribution in [0.2, 0.25) is 0 Å². The summed E-state index contributed by atoms with van der Waals surface area (Å²) in [5.41, 5.74) is 0.786. The van der Waals surface area contributed by atoms with Gasteiger partial charge in [-0.25, -0.2) is 4.90 Å². The molecule has 6 heteroatoms. The van der Waals surface area contributed by atoms with Crippen molar-refractivity contribution in [2.45, 2.75) is 0 Å². The molecule has 118 valence electrons. The zero-order valence-corrected chi connectivity index (χ0v) is 12.7. The van der Waals surface area contributed by atoms with Gasteiger partial charge in [0.15, 0.2) is 6.73 Å². The van der Waals surface area contributed by atoms with Crippen LogP contribution in [0.1, 0.15) is 20.7 Å². The van der Waals surface area contributed by atoms with Crippen molar-refractivity contribution in [2.75, 3.05) is 21.0 Å². The van der Waals surface area contributed by atoms with Gasteiger partial charge < -0.3 is 14.2 Å². The van der Waals surface area contributed by atoms with E-state index in [1.165, 1.54) is 14.2 Å². The highest BCUT2D eigenvalue weighted by atomic mass is 16.5. The number of imide groups is 1. The summed E-state index contributed by atoms with van der Waals surface area (Å²) in [7, 11) is 3.06. The van der Waals surface area contributed by atoms with E-state index in [4.69, 9.17) is 14.2 Å². The Kier molecular flexibility index (Phi) is 3.89. The van der Waals surface area contributed by atoms with Gasteiger partial charge >= 0.3 is 0 Å². The van der Waals surface area contributed by atoms with Gasteiger partial charge in [0.05, 0.1) is 25.3 Å². The lowest BCUT2D eigenvalue weighted by molar-refractivity contribution is 0.0522. The van der Waals surface area contributed by atoms with Crippen LogP contribution in [0.15, 0.2) is 42.5 Å². The Morgan fingerprint density at radius 1 is 0.826 bits per heavy atom. The highest BCUT2D eigenvalue weighted by Gasteiger charge is 2.35. The maximum absolute atomic E-state index is 12.3. The molecular formula is C17H15NO5. The molecule has 6 nitrogen and oxygen atoms in total. The number of fused-ring (bicyclic) bond motifs is 1. The minimum absolute atomic E-state index is 0.178. The number of methoxy groups -OCH3 is 2. The predicted octanol–water partition coefficient (Wildman–Crippen LogP) is 2.34. The Bertz CT molecular complexity index is 714. The van der Waals surface area contributed by atoms with E-state index in [2.05, 4.69) is 0 Å². The molecule has 0 radical (unpaired) electrons. The SMILES string of the molecule is COc1cc(OC)cc(OCN2C(=O)c3ccccc3C2=O)c1. The molecule has 0 aromatic heterocycles. The maximum Gasteiger partial charge on any atom is 0.264 e. The molecular weight excluding hydrogens is 298 g/mol. The summed E-state index contributed by atoms with van der Waals surface area (Å²) in [6.45, 7) is -0.178. The molecule has 0 saturated carbocycles. The normalized spacial score (nSPS) is 13.0. The predicted molar refractivity (Wildman–Crippen MR) is 82.0 cm³/mol. The maximum atomic E-state index is 12.3. The number of benzene rings is 2. The molecule has 0 saturated heterocycles. The Morgan fingerprint density at radius 3 is 1.78 bits per heavy atom. The van der Waals surface area contributed by atoms with E-state index < -0.39 is 0 Å². The molecule has 0 fully saturated rings. The number of hydrogen-bond donors (Lipinski definition) is 0. The van der Waals surface area contributed by atoms with Crippen molar-refractivity contribution in [3.63, 3.8) is 0 Å². The third-order valence-electron chi connectivity index (χ3n) is 3.56. The van der Waals surface area contributed by atoms with Gasteiger partial charge in [-0.1, -0.05) is 12.1 Å². The van der Waals surface area contributed by atoms with Gasteiger partial charge in [0, 0.05) is 18.2 Å². The zero-order valence-electron chi connectivity index (χ0n) is 12.7. The third kappa shape index (κ3) is 2.70. The monoisotopic (exact) mass is 313 g/mol. The molecule has 2 amide bonds. The summed E-state index contributed by atoms with van der Waals surface area (Å²) < 4.78 is 15.9. The van der Waals surface area contributed by atoms with Crippen LogP contribution in [0.4, 0.5) is 0 Å². The van der Waals surface area contributed by atoms with E-state index in [9.17, 15) is 9.59 Å². The Labute approximate surface area is 133 Å². The first-order valence-electron chi connectivity index (χ1n) is 6.95. The largest absolute Gasteiger partial charge is 0.496 e. The van der Waals surface area contributed by atoms with E-state index in [1.807, 2.05) is 0 Å². The van der Waals surface area contributed by atoms with Crippen LogP contribution in [-0.2, 0) is 0 Å². The molecule has 2 aromatic rings. The topological polar surface area (TPSA) is 65.1 Å². The second-order valence-electron chi connectivity index (χ2n) is 4.91. The zero-order chi connectivity index (χ0) is 16.4. The smallest absolute Gasteiger partial charge is 0.264 e. The molecule has 0 atom stereocenters. The number of nitrogens with zero attached hydrogens (tertiary/aromatic N) is 1. The number of hydrogen-bond acceptors (Lipinski definition) is 5. The molecule has 0 unspecified atom stereocenters. The minimum atomic E-state index is -0.361. The lowest BCUT2D eigenvalue weighted by Crippen LogP contribution is -2.33. The Hall–Kier alpha value is -3.02. The van der Waals surface area contributed by atoms with Crippen LogP contribution >= 0.6 is 0 Å². The van der Waals surface area contributed by atoms with Crippen LogP contribution in [0, 0.1) is 0 Å². The van der Waals surface area contributed by atoms with Crippen molar-refractivity contribution in [1.29, 1.82) is 0 Å². The molecule has 23 heavy (non-hydrogen) atoms. The van der Waals surface area contributed by atoms with E-state index in [0.29, 0.717) is 28.4 Å². The number of rotatable bonds is 5. The fourth-order valence-electron chi connectivity index (χ4n) is 2.36. The van der Waals surface area contributed by atoms with Gasteiger partial charge in [-0.05, 0) is 12.1 Å². The van der Waals surface area contributed by atoms with Gasteiger partial charge in [-0.15, -0.1) is 0 Å². The highest BCUT2D eigenvalue weighted by molar-refractivity contribution is 6.21. The summed E-state index contributed by atoms with van der Waals surface area (Å²) in [5.74, 6) is 0.835. The third-order valence-corrected chi connectivity index (χ3v) is 3.56. The van der Waals surface area contributed by atoms with Crippen molar-refractivity contribution in [2.24, 2.45) is 0 Å². The molecule has 3 rings (SSSR count). The Balaban J connectivity index is 1.77. The number of ether oxygens (including phenoxy) is 3. The van der Waals surface area contributed by atoms with Crippen LogP contribution in [0.3, 0.4) is 0 Å². The first-order valence-corrected chi connectivity index (χ1v) is 6.95. The molecule has 1 aliphatic heterocycles. The van der Waals surface area contributed by atoms with Crippen LogP contribution in [0.25, 0.3) is 0 Å². The van der Waals surface area contributed by atoms with Crippen LogP contribution in [-0.4, -0.2) is 37.7 Å². The molecule has 0 aliphatic carbocycles. The quantitative estimate of drug-likeness (QED) is 0.793. The van der Waals surface area contributed by atoms with Crippen LogP contribution < -0.4 is 14.2 Å². The first kappa shape index (κ1) is 14.9. The van der Waals surface area contributed by atoms with Gasteiger partial charge in [-0.2, -0.15) is 0 Å². The number of amides is 2. The van der Waals surface area contributed by atoms with E-state index in [-0.39, 0.29) is 18.5 Å². The number of carbonyl (C=O) groups is 2. The highest BCUT2D eigenvalue weighted by Crippen LogP contribution is 2.28. The van der Waals surface area contributed by atoms with Gasteiger partial charge in [0.2, 0.25) is 0 Å². The summed E-state index contributed by atoms with van der Waals surface area (Å²) in [4.78, 5) is 25.6. The Morgan fingerprint density at radius 2 is 1.30 bits per heavy atom. The standard InChI is InChI=1S/C17H15NO5/c1-21-11-7-12(22-2)9-13(8-11)23-10-18-16(19)14-5-3-4-6-15(14)17(18)20/h3-9H,10H2,1-2H3. The van der Waals surface area contributed by atoms with Gasteiger partial charge in [0.1, 0.15) is 17.2 Å². The van der Waals surface area contributed by atoms with Crippen molar-refractivity contribution in [3.8, 4) is 17.2 Å². The minimum Gasteiger partial charge on any atom is -0.496 e. The molecule has 1 aliphatic rings. The second kappa shape index (κ2) is 6.00. The summed E-state index contributed by atoms with van der Waals surface area (Å²) in [6.07, 6.45) is 0. The average molecular weight is 313 g/mol. The van der Waals surface area contributed by atoms with E-state index >= 15 is 0 Å². The lowest BCUT2D eigenvalue weighted by Gasteiger charge is -2.16. The number of carbonyl (C=O) groups excluding carboxylic acids is 2. The van der Waals surface area contributed by atoms with E-state index in [0.717, 1.165) is 4.90 Å². The van der Waals surface area contributed by atoms with Crippen molar-refractivity contribution in [3.05, 3.63) is 53.6 Å². The first-order chi connectivity index (χ1) is 11.1. The lowest BCUT2D eigenvalue weighted by atomic mass is 10.1. The van der Waals surface area contributed by atoms with Crippen LogP contribution in [0.5, 0.6) is 17.2 Å². The molecule has 2 aromatic carbocycles. The fourth-order valence-corrected chi connectivity index (χ4v) is 2.36. The average Bonchev–Trinajstić information content (AvgIpc) is 2.84. The molecule has 1 heterocycles. The van der Waals surface area contributed by atoms with Gasteiger partial charge in [0.25, 0.3) is 11.8 Å². The van der Waals surface area contributed by atoms with Crippen molar-refractivity contribution < 1.29 is 23.8 Å². The van der Waals surface area contributed by atoms with Crippen molar-refractivity contribution >= 4 is 11.8 Å². The molecule has 0 bridgehead atoms. The van der Waals surface area contributed by atoms with E-state index in [1.54, 1.807) is 42.5 Å². The van der Waals surface area contributed by atoms with Crippen molar-refractivity contribution in [1.82, 2.24) is 4.90 Å². The summed E-state index contributed by atoms with van der Waals surface area (Å²) in [6, 6.07) is 11.7. The summed E-state index contributed by atoms with van der Waals surface area (Å²) in [5, 5.41) is 0. The fraction of sp³-hybridized carbons (Fsp3) is 0.176.